The third-order valence-electron chi connectivity index (χ3n) is 5.63. The minimum absolute atomic E-state index is 0.220. The molecule has 0 aliphatic heterocycles. The van der Waals surface area contributed by atoms with Crippen LogP contribution in [0.15, 0.2) is 29.2 Å². The number of carbonyl (C=O) groups excluding carboxylic acids is 1. The number of carbonyl (C=O) groups is 1. The Kier molecular flexibility index (Phi) is 5.34. The van der Waals surface area contributed by atoms with Crippen LogP contribution in [0.4, 0.5) is 10.5 Å². The van der Waals surface area contributed by atoms with Gasteiger partial charge in [-0.2, -0.15) is 0 Å². The van der Waals surface area contributed by atoms with Crippen molar-refractivity contribution in [1.82, 2.24) is 4.72 Å². The van der Waals surface area contributed by atoms with Gasteiger partial charge in [-0.25, -0.2) is 4.79 Å². The van der Waals surface area contributed by atoms with Crippen molar-refractivity contribution in [2.75, 3.05) is 5.32 Å². The third-order valence-corrected chi connectivity index (χ3v) is 6.88. The van der Waals surface area contributed by atoms with Gasteiger partial charge in [0.25, 0.3) is 0 Å². The number of rotatable bonds is 4. The Morgan fingerprint density at radius 3 is 2.07 bits per heavy atom. The van der Waals surface area contributed by atoms with Gasteiger partial charge in [0.15, 0.2) is 0 Å². The van der Waals surface area contributed by atoms with E-state index in [0.29, 0.717) is 0 Å². The molecule has 3 N–H and O–H groups in total. The lowest BCUT2D eigenvalue weighted by molar-refractivity contribution is 0.0785. The Morgan fingerprint density at radius 2 is 1.54 bits per heavy atom. The SMILES string of the molecule is CC(C)(O)c1ccc(SNC(=O)Nc2c3c(c(Cl)c4c2CCC4)CCC3)cc1. The van der Waals surface area contributed by atoms with Crippen molar-refractivity contribution in [1.29, 1.82) is 0 Å². The summed E-state index contributed by atoms with van der Waals surface area (Å²) in [6.07, 6.45) is 6.14. The van der Waals surface area contributed by atoms with Crippen molar-refractivity contribution in [3.8, 4) is 0 Å². The Labute approximate surface area is 175 Å². The van der Waals surface area contributed by atoms with E-state index in [0.717, 1.165) is 59.7 Å². The number of benzene rings is 2. The monoisotopic (exact) mass is 416 g/mol. The van der Waals surface area contributed by atoms with E-state index < -0.39 is 5.60 Å². The molecule has 2 aromatic carbocycles. The molecule has 0 saturated heterocycles. The molecule has 2 aliphatic rings. The van der Waals surface area contributed by atoms with Gasteiger partial charge in [-0.05, 0) is 104 Å². The molecular formula is C22H25ClN2O2S. The van der Waals surface area contributed by atoms with Gasteiger partial charge in [-0.15, -0.1) is 0 Å². The molecule has 148 valence electrons. The second kappa shape index (κ2) is 7.62. The smallest absolute Gasteiger partial charge is 0.329 e. The van der Waals surface area contributed by atoms with Crippen LogP contribution in [-0.2, 0) is 31.3 Å². The summed E-state index contributed by atoms with van der Waals surface area (Å²) in [5.74, 6) is 0. The summed E-state index contributed by atoms with van der Waals surface area (Å²) in [7, 11) is 0. The number of urea groups is 1. The van der Waals surface area contributed by atoms with Crippen molar-refractivity contribution in [3.05, 3.63) is 57.1 Å². The van der Waals surface area contributed by atoms with Crippen molar-refractivity contribution in [2.45, 2.75) is 62.9 Å². The Morgan fingerprint density at radius 1 is 1.00 bits per heavy atom. The zero-order chi connectivity index (χ0) is 19.9. The van der Waals surface area contributed by atoms with Gasteiger partial charge in [0, 0.05) is 15.6 Å². The quantitative estimate of drug-likeness (QED) is 0.587. The number of fused-ring (bicyclic) bond motifs is 2. The van der Waals surface area contributed by atoms with Crippen LogP contribution in [0.1, 0.15) is 54.5 Å². The zero-order valence-electron chi connectivity index (χ0n) is 16.2. The average Bonchev–Trinajstić information content (AvgIpc) is 3.33. The van der Waals surface area contributed by atoms with Crippen LogP contribution >= 0.6 is 23.5 Å². The summed E-state index contributed by atoms with van der Waals surface area (Å²) >= 11 is 7.91. The minimum Gasteiger partial charge on any atom is -0.386 e. The molecule has 0 heterocycles. The van der Waals surface area contributed by atoms with Crippen molar-refractivity contribution in [3.63, 3.8) is 0 Å². The highest BCUT2D eigenvalue weighted by atomic mass is 35.5. The van der Waals surface area contributed by atoms with E-state index in [1.807, 2.05) is 24.3 Å². The molecule has 0 saturated carbocycles. The van der Waals surface area contributed by atoms with Crippen LogP contribution in [0.3, 0.4) is 0 Å². The molecule has 6 heteroatoms. The highest BCUT2D eigenvalue weighted by molar-refractivity contribution is 7.98. The largest absolute Gasteiger partial charge is 0.386 e. The molecule has 0 bridgehead atoms. The minimum atomic E-state index is -0.872. The van der Waals surface area contributed by atoms with Crippen LogP contribution in [0.5, 0.6) is 0 Å². The molecule has 0 atom stereocenters. The molecule has 0 aromatic heterocycles. The fraction of sp³-hybridized carbons (Fsp3) is 0.409. The molecule has 2 aliphatic carbocycles. The second-order valence-electron chi connectivity index (χ2n) is 8.05. The van der Waals surface area contributed by atoms with Crippen LogP contribution in [0, 0.1) is 0 Å². The van der Waals surface area contributed by atoms with Gasteiger partial charge in [0.05, 0.1) is 5.60 Å². The van der Waals surface area contributed by atoms with Crippen molar-refractivity contribution >= 4 is 35.3 Å². The van der Waals surface area contributed by atoms with E-state index in [-0.39, 0.29) is 6.03 Å². The summed E-state index contributed by atoms with van der Waals surface area (Å²) in [6, 6.07) is 7.33. The molecule has 0 radical (unpaired) electrons. The molecule has 28 heavy (non-hydrogen) atoms. The number of anilines is 1. The molecule has 0 unspecified atom stereocenters. The van der Waals surface area contributed by atoms with Gasteiger partial charge in [0.2, 0.25) is 0 Å². The molecule has 4 rings (SSSR count). The lowest BCUT2D eigenvalue weighted by Crippen LogP contribution is -2.24. The number of halogens is 1. The normalized spacial score (nSPS) is 15.3. The molecule has 2 amide bonds. The van der Waals surface area contributed by atoms with Gasteiger partial charge >= 0.3 is 6.03 Å². The maximum Gasteiger partial charge on any atom is 0.329 e. The predicted octanol–water partition coefficient (Wildman–Crippen LogP) is 5.37. The van der Waals surface area contributed by atoms with Gasteiger partial charge in [0.1, 0.15) is 0 Å². The molecule has 4 nitrogen and oxygen atoms in total. The zero-order valence-corrected chi connectivity index (χ0v) is 17.8. The maximum atomic E-state index is 12.6. The van der Waals surface area contributed by atoms with Crippen molar-refractivity contribution < 1.29 is 9.90 Å². The van der Waals surface area contributed by atoms with Gasteiger partial charge < -0.3 is 10.4 Å². The summed E-state index contributed by atoms with van der Waals surface area (Å²) in [6.45, 7) is 3.51. The first-order valence-corrected chi connectivity index (χ1v) is 11.0. The third kappa shape index (κ3) is 3.76. The topological polar surface area (TPSA) is 61.4 Å². The molecule has 0 fully saturated rings. The van der Waals surface area contributed by atoms with Gasteiger partial charge in [-0.1, -0.05) is 23.7 Å². The fourth-order valence-corrected chi connectivity index (χ4v) is 5.16. The Bertz CT molecular complexity index is 885. The van der Waals surface area contributed by atoms with Crippen LogP contribution in [-0.4, -0.2) is 11.1 Å². The van der Waals surface area contributed by atoms with Gasteiger partial charge in [-0.3, -0.25) is 4.72 Å². The number of hydrogen-bond donors (Lipinski definition) is 3. The number of amides is 2. The van der Waals surface area contributed by atoms with E-state index in [1.165, 1.54) is 34.2 Å². The molecule has 2 aromatic rings. The first kappa shape index (κ1) is 19.6. The second-order valence-corrected chi connectivity index (χ2v) is 9.31. The Balaban J connectivity index is 1.47. The number of nitrogens with one attached hydrogen (secondary N) is 2. The van der Waals surface area contributed by atoms with E-state index in [1.54, 1.807) is 13.8 Å². The summed E-state index contributed by atoms with van der Waals surface area (Å²) in [5, 5.41) is 14.1. The van der Waals surface area contributed by atoms with E-state index in [9.17, 15) is 9.90 Å². The molecule has 0 spiro atoms. The summed E-state index contributed by atoms with van der Waals surface area (Å²) < 4.78 is 2.87. The molecular weight excluding hydrogens is 392 g/mol. The summed E-state index contributed by atoms with van der Waals surface area (Å²) in [5.41, 5.74) is 5.86. The van der Waals surface area contributed by atoms with Crippen LogP contribution in [0.25, 0.3) is 0 Å². The fourth-order valence-electron chi connectivity index (χ4n) is 4.21. The first-order valence-electron chi connectivity index (χ1n) is 9.76. The van der Waals surface area contributed by atoms with E-state index >= 15 is 0 Å². The maximum absolute atomic E-state index is 12.6. The first-order chi connectivity index (χ1) is 13.3. The predicted molar refractivity (Wildman–Crippen MR) is 115 cm³/mol. The van der Waals surface area contributed by atoms with Crippen LogP contribution < -0.4 is 10.0 Å². The summed E-state index contributed by atoms with van der Waals surface area (Å²) in [4.78, 5) is 13.5. The highest BCUT2D eigenvalue weighted by Crippen LogP contribution is 2.44. The standard InChI is InChI=1S/C22H25ClN2O2S/c1-22(2,27)13-9-11-14(12-10-13)28-25-21(26)24-20-17-7-3-5-15(17)19(23)16-6-4-8-18(16)20/h9-12,27H,3-8H2,1-2H3,(H2,24,25,26). The van der Waals surface area contributed by atoms with Crippen LogP contribution in [0.2, 0.25) is 5.02 Å². The lowest BCUT2D eigenvalue weighted by atomic mass is 9.98. The van der Waals surface area contributed by atoms with E-state index in [2.05, 4.69) is 10.0 Å². The average molecular weight is 417 g/mol. The number of hydrogen-bond acceptors (Lipinski definition) is 3. The lowest BCUT2D eigenvalue weighted by Gasteiger charge is -2.18. The van der Waals surface area contributed by atoms with E-state index in [4.69, 9.17) is 11.6 Å². The highest BCUT2D eigenvalue weighted by Gasteiger charge is 2.28. The van der Waals surface area contributed by atoms with Crippen molar-refractivity contribution in [2.24, 2.45) is 0 Å². The number of aliphatic hydroxyl groups is 1. The Hall–Kier alpha value is -1.69.